The third-order valence-electron chi connectivity index (χ3n) is 3.28. The maximum absolute atomic E-state index is 8.55. The van der Waals surface area contributed by atoms with Crippen LogP contribution in [0.3, 0.4) is 0 Å². The molecule has 0 bridgehead atoms. The molecule has 1 aromatic heterocycles. The van der Waals surface area contributed by atoms with Crippen LogP contribution in [0.1, 0.15) is 32.9 Å². The number of hydrogen-bond acceptors (Lipinski definition) is 4. The van der Waals surface area contributed by atoms with Crippen molar-refractivity contribution in [3.05, 3.63) is 24.0 Å². The third-order valence-corrected chi connectivity index (χ3v) is 3.28. The Morgan fingerprint density at radius 1 is 1.53 bits per heavy atom. The van der Waals surface area contributed by atoms with E-state index in [1.807, 2.05) is 13.1 Å². The van der Waals surface area contributed by atoms with Crippen LogP contribution in [0.4, 0.5) is 5.69 Å². The number of pyridine rings is 1. The second-order valence-electron chi connectivity index (χ2n) is 4.61. The molecule has 0 saturated carbocycles. The molecule has 1 rings (SSSR count). The van der Waals surface area contributed by atoms with E-state index in [1.165, 1.54) is 0 Å². The molecular weight excluding hydrogens is 216 g/mol. The number of amidine groups is 1. The first-order chi connectivity index (χ1) is 7.92. The molecule has 0 aliphatic heterocycles. The Bertz CT molecular complexity index is 397. The molecule has 0 saturated heterocycles. The fraction of sp³-hybridized carbons (Fsp3) is 0.500. The first-order valence-electron chi connectivity index (χ1n) is 5.60. The normalized spacial score (nSPS) is 12.6. The Kier molecular flexibility index (Phi) is 3.93. The summed E-state index contributed by atoms with van der Waals surface area (Å²) in [7, 11) is 2.03. The molecule has 0 aliphatic carbocycles. The van der Waals surface area contributed by atoms with Crippen LogP contribution in [0.15, 0.2) is 23.5 Å². The second kappa shape index (κ2) is 5.03. The first kappa shape index (κ1) is 13.3. The molecule has 5 nitrogen and oxygen atoms in total. The fourth-order valence-corrected chi connectivity index (χ4v) is 1.37. The first-order valence-corrected chi connectivity index (χ1v) is 5.60. The molecule has 3 N–H and O–H groups in total. The highest BCUT2D eigenvalue weighted by Gasteiger charge is 2.21. The minimum atomic E-state index is 0.0222. The van der Waals surface area contributed by atoms with E-state index in [1.54, 1.807) is 12.3 Å². The zero-order chi connectivity index (χ0) is 13.1. The number of aromatic nitrogens is 1. The minimum Gasteiger partial charge on any atom is -0.409 e. The molecule has 0 spiro atoms. The van der Waals surface area contributed by atoms with Crippen molar-refractivity contribution in [2.75, 3.05) is 11.9 Å². The van der Waals surface area contributed by atoms with E-state index in [0.717, 1.165) is 12.1 Å². The Balaban J connectivity index is 2.95. The van der Waals surface area contributed by atoms with E-state index in [9.17, 15) is 0 Å². The lowest BCUT2D eigenvalue weighted by Crippen LogP contribution is -2.40. The molecule has 1 aromatic rings. The molecule has 94 valence electrons. The van der Waals surface area contributed by atoms with Crippen molar-refractivity contribution in [3.8, 4) is 0 Å². The van der Waals surface area contributed by atoms with Crippen LogP contribution in [-0.2, 0) is 0 Å². The predicted octanol–water partition coefficient (Wildman–Crippen LogP) is 1.80. The average molecular weight is 236 g/mol. The maximum atomic E-state index is 8.55. The van der Waals surface area contributed by atoms with Crippen LogP contribution in [-0.4, -0.2) is 28.6 Å². The van der Waals surface area contributed by atoms with Gasteiger partial charge >= 0.3 is 0 Å². The van der Waals surface area contributed by atoms with Crippen molar-refractivity contribution in [1.82, 2.24) is 4.98 Å². The van der Waals surface area contributed by atoms with Gasteiger partial charge in [-0.05, 0) is 32.4 Å². The molecule has 5 heteroatoms. The van der Waals surface area contributed by atoms with Crippen LogP contribution in [0.5, 0.6) is 0 Å². The van der Waals surface area contributed by atoms with Gasteiger partial charge in [0.15, 0.2) is 5.84 Å². The minimum absolute atomic E-state index is 0.0222. The summed E-state index contributed by atoms with van der Waals surface area (Å²) in [5.41, 5.74) is 7.00. The Labute approximate surface area is 102 Å². The molecule has 0 atom stereocenters. The summed E-state index contributed by atoms with van der Waals surface area (Å²) >= 11 is 0. The van der Waals surface area contributed by atoms with Crippen molar-refractivity contribution < 1.29 is 5.21 Å². The summed E-state index contributed by atoms with van der Waals surface area (Å²) in [6, 6.07) is 3.66. The topological polar surface area (TPSA) is 74.7 Å². The van der Waals surface area contributed by atoms with Crippen molar-refractivity contribution in [2.24, 2.45) is 10.9 Å². The van der Waals surface area contributed by atoms with E-state index >= 15 is 0 Å². The summed E-state index contributed by atoms with van der Waals surface area (Å²) in [6.45, 7) is 6.49. The molecule has 0 amide bonds. The summed E-state index contributed by atoms with van der Waals surface area (Å²) in [6.07, 6.45) is 2.76. The van der Waals surface area contributed by atoms with Crippen molar-refractivity contribution in [2.45, 2.75) is 32.7 Å². The van der Waals surface area contributed by atoms with Gasteiger partial charge in [0.2, 0.25) is 0 Å². The second-order valence-corrected chi connectivity index (χ2v) is 4.61. The number of nitrogens with two attached hydrogens (primary N) is 1. The van der Waals surface area contributed by atoms with Gasteiger partial charge in [-0.3, -0.25) is 4.98 Å². The SMILES string of the molecule is CCC(C)(C)N(C)c1ccc(/C(N)=N/O)nc1. The van der Waals surface area contributed by atoms with Crippen LogP contribution >= 0.6 is 0 Å². The number of hydrogen-bond donors (Lipinski definition) is 2. The number of oxime groups is 1. The summed E-state index contributed by atoms with van der Waals surface area (Å²) in [4.78, 5) is 6.32. The lowest BCUT2D eigenvalue weighted by Gasteiger charge is -2.36. The lowest BCUT2D eigenvalue weighted by molar-refractivity contribution is 0.318. The van der Waals surface area contributed by atoms with Gasteiger partial charge in [0, 0.05) is 12.6 Å². The highest BCUT2D eigenvalue weighted by molar-refractivity contribution is 5.95. The predicted molar refractivity (Wildman–Crippen MR) is 69.5 cm³/mol. The number of rotatable bonds is 4. The van der Waals surface area contributed by atoms with Gasteiger partial charge in [0.05, 0.1) is 11.9 Å². The number of nitrogens with zero attached hydrogens (tertiary/aromatic N) is 3. The Morgan fingerprint density at radius 2 is 2.18 bits per heavy atom. The zero-order valence-electron chi connectivity index (χ0n) is 10.8. The van der Waals surface area contributed by atoms with Gasteiger partial charge in [0.25, 0.3) is 0 Å². The molecule has 1 heterocycles. The highest BCUT2D eigenvalue weighted by Crippen LogP contribution is 2.23. The summed E-state index contributed by atoms with van der Waals surface area (Å²) in [5, 5.41) is 11.5. The van der Waals surface area contributed by atoms with Crippen LogP contribution in [0.2, 0.25) is 0 Å². The maximum Gasteiger partial charge on any atom is 0.188 e. The van der Waals surface area contributed by atoms with Gasteiger partial charge in [0.1, 0.15) is 5.69 Å². The summed E-state index contributed by atoms with van der Waals surface area (Å²) < 4.78 is 0. The van der Waals surface area contributed by atoms with Gasteiger partial charge < -0.3 is 15.8 Å². The van der Waals surface area contributed by atoms with E-state index in [0.29, 0.717) is 5.69 Å². The molecule has 0 aliphatic rings. The van der Waals surface area contributed by atoms with Crippen molar-refractivity contribution in [3.63, 3.8) is 0 Å². The Hall–Kier alpha value is -1.78. The molecule has 0 fully saturated rings. The lowest BCUT2D eigenvalue weighted by atomic mass is 9.99. The molecule has 17 heavy (non-hydrogen) atoms. The van der Waals surface area contributed by atoms with E-state index in [-0.39, 0.29) is 11.4 Å². The third kappa shape index (κ3) is 2.87. The van der Waals surface area contributed by atoms with Crippen LogP contribution in [0, 0.1) is 0 Å². The largest absolute Gasteiger partial charge is 0.409 e. The molecule has 0 aromatic carbocycles. The molecule has 0 radical (unpaired) electrons. The monoisotopic (exact) mass is 236 g/mol. The van der Waals surface area contributed by atoms with Crippen molar-refractivity contribution in [1.29, 1.82) is 0 Å². The van der Waals surface area contributed by atoms with E-state index in [2.05, 4.69) is 35.8 Å². The smallest absolute Gasteiger partial charge is 0.188 e. The Morgan fingerprint density at radius 3 is 2.59 bits per heavy atom. The van der Waals surface area contributed by atoms with Gasteiger partial charge in [-0.15, -0.1) is 0 Å². The van der Waals surface area contributed by atoms with E-state index in [4.69, 9.17) is 10.9 Å². The van der Waals surface area contributed by atoms with Crippen LogP contribution < -0.4 is 10.6 Å². The fourth-order valence-electron chi connectivity index (χ4n) is 1.37. The van der Waals surface area contributed by atoms with Gasteiger partial charge in [-0.25, -0.2) is 0 Å². The highest BCUT2D eigenvalue weighted by atomic mass is 16.4. The standard InChI is InChI=1S/C12H20N4O/c1-5-12(2,3)16(4)9-6-7-10(14-8-9)11(13)15-17/h6-8,17H,5H2,1-4H3,(H2,13,15). The molecule has 0 unspecified atom stereocenters. The average Bonchev–Trinajstić information content (AvgIpc) is 2.37. The summed E-state index contributed by atoms with van der Waals surface area (Å²) in [5.74, 6) is 0.0222. The number of anilines is 1. The van der Waals surface area contributed by atoms with Crippen molar-refractivity contribution >= 4 is 11.5 Å². The molecular formula is C12H20N4O. The van der Waals surface area contributed by atoms with Gasteiger partial charge in [-0.2, -0.15) is 0 Å². The van der Waals surface area contributed by atoms with Gasteiger partial charge in [-0.1, -0.05) is 12.1 Å². The quantitative estimate of drug-likeness (QED) is 0.362. The van der Waals surface area contributed by atoms with E-state index < -0.39 is 0 Å². The van der Waals surface area contributed by atoms with Crippen LogP contribution in [0.25, 0.3) is 0 Å². The zero-order valence-corrected chi connectivity index (χ0v) is 10.8.